The third-order valence-electron chi connectivity index (χ3n) is 3.71. The van der Waals surface area contributed by atoms with Crippen LogP contribution in [0.3, 0.4) is 0 Å². The van der Waals surface area contributed by atoms with Crippen molar-refractivity contribution in [2.24, 2.45) is 0 Å². The Morgan fingerprint density at radius 2 is 1.76 bits per heavy atom. The van der Waals surface area contributed by atoms with Crippen molar-refractivity contribution in [3.05, 3.63) is 24.3 Å². The molecule has 1 rings (SSSR count). The SMILES string of the molecule is CCCCCCP(=S)(NS(=O)(=O)c1ccc(NC(C)=O)cc1)N(C)C. The molecule has 0 aliphatic carbocycles. The fourth-order valence-electron chi connectivity index (χ4n) is 2.24. The largest absolute Gasteiger partial charge is 0.326 e. The first-order valence-electron chi connectivity index (χ1n) is 8.29. The van der Waals surface area contributed by atoms with Crippen LogP contribution in [0.15, 0.2) is 29.2 Å². The molecule has 0 radical (unpaired) electrons. The first-order valence-corrected chi connectivity index (χ1v) is 12.7. The zero-order chi connectivity index (χ0) is 19.1. The summed E-state index contributed by atoms with van der Waals surface area (Å²) < 4.78 is 30.0. The highest BCUT2D eigenvalue weighted by atomic mass is 32.5. The van der Waals surface area contributed by atoms with E-state index in [0.717, 1.165) is 25.7 Å². The minimum absolute atomic E-state index is 0.145. The van der Waals surface area contributed by atoms with Gasteiger partial charge in [-0.05, 0) is 44.8 Å². The van der Waals surface area contributed by atoms with Crippen molar-refractivity contribution < 1.29 is 13.2 Å². The summed E-state index contributed by atoms with van der Waals surface area (Å²) in [6.07, 6.45) is 2.48. The number of sulfonamides is 1. The van der Waals surface area contributed by atoms with Gasteiger partial charge in [0.2, 0.25) is 15.9 Å². The van der Waals surface area contributed by atoms with Gasteiger partial charge in [-0.1, -0.05) is 38.0 Å². The van der Waals surface area contributed by atoms with Crippen LogP contribution in [0.1, 0.15) is 39.5 Å². The van der Waals surface area contributed by atoms with Gasteiger partial charge in [0, 0.05) is 18.8 Å². The molecule has 2 N–H and O–H groups in total. The smallest absolute Gasteiger partial charge is 0.245 e. The molecule has 1 atom stereocenters. The van der Waals surface area contributed by atoms with Crippen molar-refractivity contribution in [2.75, 3.05) is 25.6 Å². The van der Waals surface area contributed by atoms with Crippen LogP contribution in [0.5, 0.6) is 0 Å². The zero-order valence-corrected chi connectivity index (χ0v) is 17.8. The van der Waals surface area contributed by atoms with Gasteiger partial charge in [-0.3, -0.25) is 9.46 Å². The summed E-state index contributed by atoms with van der Waals surface area (Å²) >= 11 is 5.70. The van der Waals surface area contributed by atoms with Crippen molar-refractivity contribution in [2.45, 2.75) is 44.4 Å². The third-order valence-corrected chi connectivity index (χ3v) is 11.1. The van der Waals surface area contributed by atoms with E-state index in [4.69, 9.17) is 11.8 Å². The van der Waals surface area contributed by atoms with E-state index in [9.17, 15) is 13.2 Å². The molecule has 0 saturated carbocycles. The number of rotatable bonds is 10. The van der Waals surface area contributed by atoms with Gasteiger partial charge in [0.05, 0.1) is 11.2 Å². The van der Waals surface area contributed by atoms with Crippen LogP contribution in [0.2, 0.25) is 0 Å². The molecule has 6 nitrogen and oxygen atoms in total. The highest BCUT2D eigenvalue weighted by molar-refractivity contribution is 8.17. The lowest BCUT2D eigenvalue weighted by Crippen LogP contribution is -2.29. The maximum absolute atomic E-state index is 12.7. The minimum Gasteiger partial charge on any atom is -0.326 e. The van der Waals surface area contributed by atoms with Gasteiger partial charge in [0.1, 0.15) is 0 Å². The monoisotopic (exact) mass is 405 g/mol. The van der Waals surface area contributed by atoms with E-state index in [1.807, 2.05) is 18.8 Å². The predicted molar refractivity (Wildman–Crippen MR) is 108 cm³/mol. The van der Waals surface area contributed by atoms with Gasteiger partial charge in [0.25, 0.3) is 0 Å². The van der Waals surface area contributed by atoms with Gasteiger partial charge in [-0.25, -0.2) is 8.42 Å². The Balaban J connectivity index is 2.91. The lowest BCUT2D eigenvalue weighted by molar-refractivity contribution is -0.114. The van der Waals surface area contributed by atoms with Crippen LogP contribution in [0.25, 0.3) is 0 Å². The van der Waals surface area contributed by atoms with Crippen LogP contribution in [-0.4, -0.2) is 39.3 Å². The summed E-state index contributed by atoms with van der Waals surface area (Å²) in [7, 11) is -0.0652. The molecule has 0 aromatic heterocycles. The molecule has 0 heterocycles. The van der Waals surface area contributed by atoms with Crippen molar-refractivity contribution in [3.8, 4) is 0 Å². The molecule has 0 bridgehead atoms. The van der Waals surface area contributed by atoms with Crippen LogP contribution < -0.4 is 9.81 Å². The van der Waals surface area contributed by atoms with Crippen molar-refractivity contribution in [3.63, 3.8) is 0 Å². The second-order valence-electron chi connectivity index (χ2n) is 6.13. The molecule has 1 unspecified atom stereocenters. The highest BCUT2D eigenvalue weighted by Gasteiger charge is 2.27. The summed E-state index contributed by atoms with van der Waals surface area (Å²) in [5.41, 5.74) is 0.554. The number of hydrogen-bond acceptors (Lipinski definition) is 4. The lowest BCUT2D eigenvalue weighted by atomic mass is 10.2. The van der Waals surface area contributed by atoms with Gasteiger partial charge in [-0.15, -0.1) is 0 Å². The van der Waals surface area contributed by atoms with E-state index in [1.54, 1.807) is 12.1 Å². The average molecular weight is 406 g/mol. The first-order chi connectivity index (χ1) is 11.6. The summed E-state index contributed by atoms with van der Waals surface area (Å²) in [5.74, 6) is -0.205. The molecule has 142 valence electrons. The Bertz CT molecular complexity index is 719. The number of anilines is 1. The van der Waals surface area contributed by atoms with Crippen LogP contribution in [0, 0.1) is 0 Å². The normalized spacial score (nSPS) is 14.3. The Morgan fingerprint density at radius 1 is 1.16 bits per heavy atom. The maximum Gasteiger partial charge on any atom is 0.245 e. The molecule has 1 amide bonds. The van der Waals surface area contributed by atoms with Crippen LogP contribution in [-0.2, 0) is 26.6 Å². The number of unbranched alkanes of at least 4 members (excludes halogenated alkanes) is 3. The van der Waals surface area contributed by atoms with Gasteiger partial charge in [0.15, 0.2) is 0 Å². The third kappa shape index (κ3) is 7.15. The number of carbonyl (C=O) groups is 1. The molecule has 0 spiro atoms. The summed E-state index contributed by atoms with van der Waals surface area (Å²) in [6, 6.07) is 6.08. The molecular formula is C16H28N3O3PS2. The predicted octanol–water partition coefficient (Wildman–Crippen LogP) is 3.37. The topological polar surface area (TPSA) is 78.5 Å². The fraction of sp³-hybridized carbons (Fsp3) is 0.562. The van der Waals surface area contributed by atoms with E-state index in [-0.39, 0.29) is 10.8 Å². The standard InChI is InChI=1S/C16H28N3O3PS2/c1-5-6-7-8-13-23(24,19(3)4)18-25(21,22)16-11-9-15(10-12-16)17-14(2)20/h9-12H,5-8,13H2,1-4H3,(H,17,20)(H,18,24). The Morgan fingerprint density at radius 3 is 2.24 bits per heavy atom. The lowest BCUT2D eigenvalue weighted by Gasteiger charge is -2.29. The highest BCUT2D eigenvalue weighted by Crippen LogP contribution is 2.46. The maximum atomic E-state index is 12.7. The Labute approximate surface area is 156 Å². The van der Waals surface area contributed by atoms with E-state index >= 15 is 0 Å². The number of nitrogens with one attached hydrogen (secondary N) is 2. The van der Waals surface area contributed by atoms with E-state index in [2.05, 4.69) is 16.7 Å². The van der Waals surface area contributed by atoms with Crippen molar-refractivity contribution in [1.82, 2.24) is 9.16 Å². The Kier molecular flexibility index (Phi) is 8.71. The van der Waals surface area contributed by atoms with Gasteiger partial charge < -0.3 is 5.32 Å². The molecule has 1 aromatic rings. The second kappa shape index (κ2) is 9.78. The quantitative estimate of drug-likeness (QED) is 0.461. The van der Waals surface area contributed by atoms with E-state index < -0.39 is 16.4 Å². The van der Waals surface area contributed by atoms with Crippen molar-refractivity contribution >= 4 is 39.8 Å². The molecular weight excluding hydrogens is 377 g/mol. The fourth-order valence-corrected chi connectivity index (χ4v) is 8.00. The molecule has 25 heavy (non-hydrogen) atoms. The van der Waals surface area contributed by atoms with E-state index in [1.165, 1.54) is 19.1 Å². The van der Waals surface area contributed by atoms with E-state index in [0.29, 0.717) is 11.8 Å². The molecule has 0 fully saturated rings. The number of hydrogen-bond donors (Lipinski definition) is 2. The van der Waals surface area contributed by atoms with Crippen molar-refractivity contribution in [1.29, 1.82) is 0 Å². The zero-order valence-electron chi connectivity index (χ0n) is 15.3. The summed E-state index contributed by atoms with van der Waals surface area (Å²) in [6.45, 7) is 3.53. The van der Waals surface area contributed by atoms with Crippen LogP contribution >= 0.6 is 6.34 Å². The molecule has 0 aliphatic heterocycles. The van der Waals surface area contributed by atoms with Crippen LogP contribution in [0.4, 0.5) is 5.69 Å². The molecule has 9 heteroatoms. The summed E-state index contributed by atoms with van der Waals surface area (Å²) in [5, 5.41) is 2.61. The number of amides is 1. The second-order valence-corrected chi connectivity index (χ2v) is 12.8. The number of benzene rings is 1. The minimum atomic E-state index is -3.71. The molecule has 0 aliphatic rings. The molecule has 1 aromatic carbocycles. The van der Waals surface area contributed by atoms with Gasteiger partial charge in [-0.2, -0.15) is 4.49 Å². The number of carbonyl (C=O) groups excluding carboxylic acids is 1. The molecule has 0 saturated heterocycles. The summed E-state index contributed by atoms with van der Waals surface area (Å²) in [4.78, 5) is 11.2. The number of nitrogens with zero attached hydrogens (tertiary/aromatic N) is 1. The Hall–Kier alpha value is -0.790. The van der Waals surface area contributed by atoms with Gasteiger partial charge >= 0.3 is 0 Å². The first kappa shape index (κ1) is 22.3. The average Bonchev–Trinajstić information content (AvgIpc) is 2.51.